The molecule has 3 aliphatic heterocycles. The molecule has 0 bridgehead atoms. The van der Waals surface area contributed by atoms with Crippen molar-refractivity contribution in [2.24, 2.45) is 0 Å². The summed E-state index contributed by atoms with van der Waals surface area (Å²) in [4.78, 5) is 71.4. The Kier molecular flexibility index (Phi) is 36.9. The minimum atomic E-state index is -5.39. The Balaban J connectivity index is -0.000000212. The van der Waals surface area contributed by atoms with Gasteiger partial charge < -0.3 is 29.1 Å². The molecule has 3 saturated heterocycles. The molecule has 0 aromatic heterocycles. The number of aliphatic carboxylic acids is 1. The van der Waals surface area contributed by atoms with Crippen molar-refractivity contribution in [3.05, 3.63) is 38.0 Å². The van der Waals surface area contributed by atoms with Crippen molar-refractivity contribution in [1.82, 2.24) is 10.2 Å². The number of nitrogens with two attached hydrogens (primary N) is 1. The third kappa shape index (κ3) is 35.3. The molecule has 0 spiro atoms. The summed E-state index contributed by atoms with van der Waals surface area (Å²) in [6.45, 7) is 27.7. The molecule has 0 aromatic carbocycles. The van der Waals surface area contributed by atoms with Gasteiger partial charge in [-0.3, -0.25) is 4.90 Å². The lowest BCUT2D eigenvalue weighted by Gasteiger charge is -2.31. The zero-order valence-electron chi connectivity index (χ0n) is 36.7. The Bertz CT molecular complexity index is 1460. The normalized spacial score (nSPS) is 21.2. The zero-order valence-corrected chi connectivity index (χ0v) is 38.5. The molecule has 3 N–H and O–H groups in total. The number of quaternary nitrogens is 1. The maximum Gasteiger partial charge on any atom is 0.522 e. The van der Waals surface area contributed by atoms with Gasteiger partial charge in [0.1, 0.15) is 17.6 Å². The zero-order chi connectivity index (χ0) is 50.1. The van der Waals surface area contributed by atoms with Gasteiger partial charge in [-0.05, 0) is 91.4 Å². The van der Waals surface area contributed by atoms with E-state index in [1.165, 1.54) is 58.2 Å². The summed E-state index contributed by atoms with van der Waals surface area (Å²) in [6.07, 6.45) is 12.2. The lowest BCUT2D eigenvalue weighted by molar-refractivity contribution is -0.692. The highest BCUT2D eigenvalue weighted by Gasteiger charge is 2.49. The third-order valence-corrected chi connectivity index (χ3v) is 11.5. The molecule has 16 nitrogen and oxygen atoms in total. The van der Waals surface area contributed by atoms with E-state index in [2.05, 4.69) is 61.1 Å². The van der Waals surface area contributed by atoms with E-state index in [0.29, 0.717) is 12.1 Å². The average Bonchev–Trinajstić information content (AvgIpc) is 3.91. The molecule has 3 heterocycles. The minimum Gasteiger partial charge on any atom is -0.542 e. The van der Waals surface area contributed by atoms with Gasteiger partial charge in [0.15, 0.2) is 0 Å². The molecule has 0 aromatic rings. The predicted molar refractivity (Wildman–Crippen MR) is 211 cm³/mol. The molecule has 3 rings (SSSR count). The summed E-state index contributed by atoms with van der Waals surface area (Å²) in [5.41, 5.74) is -5.74. The van der Waals surface area contributed by atoms with Gasteiger partial charge in [-0.15, -0.1) is 13.2 Å². The van der Waals surface area contributed by atoms with E-state index in [1.54, 1.807) is 0 Å². The molecule has 0 saturated carbocycles. The van der Waals surface area contributed by atoms with Crippen molar-refractivity contribution in [2.75, 3.05) is 0 Å². The van der Waals surface area contributed by atoms with Gasteiger partial charge in [-0.1, -0.05) is 39.5 Å². The van der Waals surface area contributed by atoms with Crippen molar-refractivity contribution in [1.29, 1.82) is 0 Å². The van der Waals surface area contributed by atoms with Crippen LogP contribution in [0.5, 0.6) is 0 Å². The van der Waals surface area contributed by atoms with Crippen LogP contribution in [-0.4, -0.2) is 106 Å². The first-order valence-electron chi connectivity index (χ1n) is 19.0. The predicted octanol–water partition coefficient (Wildman–Crippen LogP) is 4.97. The number of nitrogens with one attached hydrogen (secondary N) is 1. The van der Waals surface area contributed by atoms with E-state index in [1.807, 2.05) is 37.8 Å². The van der Waals surface area contributed by atoms with Crippen LogP contribution in [0.1, 0.15) is 99.3 Å². The van der Waals surface area contributed by atoms with Gasteiger partial charge in [0, 0.05) is 31.0 Å². The second-order valence-electron chi connectivity index (χ2n) is 15.0. The number of carboxylic acids is 1. The SMILES string of the molecule is C=CC1CC[C@@H](CC)N1.C=CC1CC[C@@H](CC)N1C(=O)OC(C)(C)C.C=CC1CC[C@@H](CC)[NH2+]1.C[Si](C)(C)OS(=O)(=O)C(F)(F)F.O=C([O-])C(F)(F)F.O=C=O.O=C=O.O=C=O. The van der Waals surface area contributed by atoms with Crippen molar-refractivity contribution >= 4 is 49.0 Å². The maximum absolute atomic E-state index is 12.1. The van der Waals surface area contributed by atoms with Gasteiger partial charge in [0.2, 0.25) is 8.32 Å². The number of carboxylic acid groups (broad SMARTS) is 1. The molecule has 360 valence electrons. The Morgan fingerprint density at radius 3 is 1.48 bits per heavy atom. The molecule has 62 heavy (non-hydrogen) atoms. The van der Waals surface area contributed by atoms with Crippen LogP contribution in [0.25, 0.3) is 0 Å². The molecule has 24 heteroatoms. The van der Waals surface area contributed by atoms with Crippen LogP contribution in [0.3, 0.4) is 0 Å². The number of nitrogens with zero attached hydrogens (tertiary/aromatic N) is 1. The summed E-state index contributed by atoms with van der Waals surface area (Å²) in [7, 11) is -8.10. The van der Waals surface area contributed by atoms with Gasteiger partial charge in [-0.25, -0.2) is 4.79 Å². The molecule has 3 unspecified atom stereocenters. The fourth-order valence-electron chi connectivity index (χ4n) is 5.36. The number of alkyl halides is 6. The smallest absolute Gasteiger partial charge is 0.522 e. The van der Waals surface area contributed by atoms with Crippen molar-refractivity contribution in [2.45, 2.75) is 173 Å². The number of halogens is 6. The number of amides is 1. The van der Waals surface area contributed by atoms with E-state index in [4.69, 9.17) is 43.4 Å². The first-order valence-corrected chi connectivity index (χ1v) is 23.9. The van der Waals surface area contributed by atoms with Crippen LogP contribution in [0, 0.1) is 0 Å². The van der Waals surface area contributed by atoms with Gasteiger partial charge >= 0.3 is 46.4 Å². The first kappa shape index (κ1) is 66.8. The van der Waals surface area contributed by atoms with Crippen molar-refractivity contribution in [3.63, 3.8) is 0 Å². The molecule has 6 atom stereocenters. The van der Waals surface area contributed by atoms with Gasteiger partial charge in [0.05, 0.1) is 12.1 Å². The second-order valence-corrected chi connectivity index (χ2v) is 21.3. The number of hydrogen-bond acceptors (Lipinski definition) is 14. The van der Waals surface area contributed by atoms with E-state index in [9.17, 15) is 39.6 Å². The number of rotatable bonds is 8. The lowest BCUT2D eigenvalue weighted by Crippen LogP contribution is -2.90. The van der Waals surface area contributed by atoms with Gasteiger partial charge in [-0.2, -0.15) is 63.5 Å². The van der Waals surface area contributed by atoms with Crippen molar-refractivity contribution in [3.8, 4) is 0 Å². The standard InChI is InChI=1S/C13H23NO2.2C8H15N.C4H9F3O3SSi.C2HF3O2.3CO2/c1-6-10-8-9-11(7-2)14(10)12(15)16-13(3,4)5;2*1-3-7-5-6-8(4-2)9-7;1-12(2,3)10-11(8,9)4(5,6)7;3-2(4,5)1(6)7;3*2-1-3/h6,10-11H,1,7-9H2,2-5H3;2*3,7-9H,1,4-6H2,2H3;1-3H3;(H,6,7);;;/t10?,11-;2*7?,8-;;;;;/m111...../s1. The Morgan fingerprint density at radius 2 is 1.26 bits per heavy atom. The number of likely N-dealkylation sites (tertiary alicyclic amines) is 1. The largest absolute Gasteiger partial charge is 0.542 e. The summed E-state index contributed by atoms with van der Waals surface area (Å²) in [5.74, 6) is -3.01. The van der Waals surface area contributed by atoms with Crippen LogP contribution >= 0.6 is 0 Å². The van der Waals surface area contributed by atoms with Crippen LogP contribution in [0.15, 0.2) is 38.0 Å². The van der Waals surface area contributed by atoms with Crippen molar-refractivity contribution < 1.29 is 92.1 Å². The Hall–Kier alpha value is -4.27. The monoisotopic (exact) mass is 943 g/mol. The lowest BCUT2D eigenvalue weighted by atomic mass is 10.1. The van der Waals surface area contributed by atoms with Crippen LogP contribution in [0.4, 0.5) is 31.1 Å². The molecular weight excluding hydrogens is 881 g/mol. The molecule has 0 aliphatic carbocycles. The third-order valence-electron chi connectivity index (χ3n) is 8.04. The first-order chi connectivity index (χ1) is 28.3. The Morgan fingerprint density at radius 1 is 0.790 bits per heavy atom. The number of carbonyl (C=O) groups is 2. The molecular formula is C38H63F6N3O13SSi. The maximum atomic E-state index is 12.1. The fraction of sp³-hybridized carbons (Fsp3) is 0.711. The number of hydrogen-bond donors (Lipinski definition) is 2. The molecule has 1 amide bonds. The Labute approximate surface area is 361 Å². The summed E-state index contributed by atoms with van der Waals surface area (Å²) >= 11 is 0. The summed E-state index contributed by atoms with van der Waals surface area (Å²) in [5, 5.41) is 14.7. The highest BCUT2D eigenvalue weighted by Crippen LogP contribution is 2.29. The van der Waals surface area contributed by atoms with E-state index in [0.717, 1.165) is 37.4 Å². The second kappa shape index (κ2) is 34.2. The van der Waals surface area contributed by atoms with Gasteiger partial charge in [0.25, 0.3) is 0 Å². The summed E-state index contributed by atoms with van der Waals surface area (Å²) in [6, 6.07) is 3.39. The number of ether oxygens (including phenoxy) is 1. The molecule has 3 aliphatic rings. The van der Waals surface area contributed by atoms with Crippen LogP contribution < -0.4 is 15.7 Å². The fourth-order valence-corrected chi connectivity index (χ4v) is 8.37. The minimum absolute atomic E-state index is 0.139. The van der Waals surface area contributed by atoms with E-state index < -0.39 is 41.7 Å². The highest BCUT2D eigenvalue weighted by atomic mass is 32.2. The highest BCUT2D eigenvalue weighted by molar-refractivity contribution is 7.88. The van der Waals surface area contributed by atoms with E-state index >= 15 is 0 Å². The summed E-state index contributed by atoms with van der Waals surface area (Å²) < 4.78 is 96.7. The number of carbonyl (C=O) groups excluding carboxylic acids is 8. The van der Waals surface area contributed by atoms with Crippen LogP contribution in [-0.2, 0) is 52.3 Å². The van der Waals surface area contributed by atoms with Crippen LogP contribution in [0.2, 0.25) is 19.6 Å². The van der Waals surface area contributed by atoms with E-state index in [-0.39, 0.29) is 30.6 Å². The molecule has 3 fully saturated rings. The topological polar surface area (TPSA) is 244 Å². The molecule has 0 radical (unpaired) electrons. The quantitative estimate of drug-likeness (QED) is 0.141. The average molecular weight is 944 g/mol.